The summed E-state index contributed by atoms with van der Waals surface area (Å²) in [5.41, 5.74) is 0. The molecule has 1 aliphatic heterocycles. The second kappa shape index (κ2) is 4.92. The van der Waals surface area contributed by atoms with Gasteiger partial charge in [-0.2, -0.15) is 4.31 Å². The Labute approximate surface area is 112 Å². The lowest BCUT2D eigenvalue weighted by Crippen LogP contribution is -2.44. The molecule has 6 heteroatoms. The molecule has 0 aromatic carbocycles. The van der Waals surface area contributed by atoms with E-state index in [4.69, 9.17) is 4.74 Å². The molecule has 0 atom stereocenters. The van der Waals surface area contributed by atoms with E-state index in [1.54, 1.807) is 16.4 Å². The van der Waals surface area contributed by atoms with Gasteiger partial charge in [0, 0.05) is 25.3 Å². The molecular formula is C12H17NO3S2. The SMILES string of the molecule is O=S(=O)(c1cccs1)N(C1CCOCC1)C1CC1. The van der Waals surface area contributed by atoms with E-state index >= 15 is 0 Å². The summed E-state index contributed by atoms with van der Waals surface area (Å²) in [5.74, 6) is 0. The number of thiophene rings is 1. The fourth-order valence-corrected chi connectivity index (χ4v) is 5.50. The van der Waals surface area contributed by atoms with Crippen molar-refractivity contribution in [2.45, 2.75) is 42.0 Å². The van der Waals surface area contributed by atoms with Crippen LogP contribution in [0, 0.1) is 0 Å². The maximum Gasteiger partial charge on any atom is 0.253 e. The molecule has 1 saturated carbocycles. The van der Waals surface area contributed by atoms with Crippen LogP contribution < -0.4 is 0 Å². The minimum atomic E-state index is -3.30. The zero-order valence-corrected chi connectivity index (χ0v) is 11.8. The summed E-state index contributed by atoms with van der Waals surface area (Å²) in [5, 5.41) is 1.82. The first-order chi connectivity index (χ1) is 8.69. The van der Waals surface area contributed by atoms with Gasteiger partial charge in [-0.25, -0.2) is 8.42 Å². The number of rotatable bonds is 4. The molecule has 2 aliphatic rings. The number of hydrogen-bond donors (Lipinski definition) is 0. The Kier molecular flexibility index (Phi) is 3.44. The quantitative estimate of drug-likeness (QED) is 0.852. The van der Waals surface area contributed by atoms with E-state index in [0.29, 0.717) is 17.4 Å². The van der Waals surface area contributed by atoms with Crippen LogP contribution in [0.15, 0.2) is 21.7 Å². The standard InChI is InChI=1S/C12H17NO3S2/c14-18(15,12-2-1-9-17-12)13(10-3-4-10)11-5-7-16-8-6-11/h1-2,9-11H,3-8H2. The third-order valence-corrected chi connectivity index (χ3v) is 6.86. The lowest BCUT2D eigenvalue weighted by Gasteiger charge is -2.33. The third-order valence-electron chi connectivity index (χ3n) is 3.48. The summed E-state index contributed by atoms with van der Waals surface area (Å²) >= 11 is 1.31. The van der Waals surface area contributed by atoms with Crippen LogP contribution in [0.25, 0.3) is 0 Å². The Bertz CT molecular complexity index is 487. The van der Waals surface area contributed by atoms with Gasteiger partial charge in [0.25, 0.3) is 10.0 Å². The molecule has 0 N–H and O–H groups in total. The van der Waals surface area contributed by atoms with Crippen molar-refractivity contribution in [1.29, 1.82) is 0 Å². The molecule has 0 amide bonds. The highest BCUT2D eigenvalue weighted by Gasteiger charge is 2.43. The smallest absolute Gasteiger partial charge is 0.253 e. The van der Waals surface area contributed by atoms with Crippen LogP contribution in [0.2, 0.25) is 0 Å². The molecule has 4 nitrogen and oxygen atoms in total. The van der Waals surface area contributed by atoms with Crippen molar-refractivity contribution in [2.75, 3.05) is 13.2 Å². The van der Waals surface area contributed by atoms with Crippen LogP contribution in [0.1, 0.15) is 25.7 Å². The monoisotopic (exact) mass is 287 g/mol. The predicted octanol–water partition coefficient (Wildman–Crippen LogP) is 2.08. The lowest BCUT2D eigenvalue weighted by atomic mass is 10.1. The first-order valence-electron chi connectivity index (χ1n) is 6.34. The maximum absolute atomic E-state index is 12.7. The van der Waals surface area contributed by atoms with Crippen molar-refractivity contribution in [1.82, 2.24) is 4.31 Å². The Balaban J connectivity index is 1.89. The summed E-state index contributed by atoms with van der Waals surface area (Å²) < 4.78 is 32.9. The molecular weight excluding hydrogens is 270 g/mol. The van der Waals surface area contributed by atoms with Crippen LogP contribution in [-0.2, 0) is 14.8 Å². The number of hydrogen-bond acceptors (Lipinski definition) is 4. The van der Waals surface area contributed by atoms with E-state index in [9.17, 15) is 8.42 Å². The molecule has 1 saturated heterocycles. The maximum atomic E-state index is 12.7. The van der Waals surface area contributed by atoms with Crippen LogP contribution in [0.5, 0.6) is 0 Å². The summed E-state index contributed by atoms with van der Waals surface area (Å²) in [7, 11) is -3.30. The van der Waals surface area contributed by atoms with E-state index in [1.165, 1.54) is 11.3 Å². The van der Waals surface area contributed by atoms with Gasteiger partial charge in [-0.1, -0.05) is 6.07 Å². The molecule has 0 spiro atoms. The zero-order chi connectivity index (χ0) is 12.6. The first-order valence-corrected chi connectivity index (χ1v) is 8.66. The summed E-state index contributed by atoms with van der Waals surface area (Å²) in [4.78, 5) is 0. The Morgan fingerprint density at radius 2 is 1.83 bits per heavy atom. The normalized spacial score (nSPS) is 22.5. The highest BCUT2D eigenvalue weighted by molar-refractivity contribution is 7.91. The topological polar surface area (TPSA) is 46.6 Å². The molecule has 3 rings (SSSR count). The van der Waals surface area contributed by atoms with Crippen molar-refractivity contribution in [2.24, 2.45) is 0 Å². The number of sulfonamides is 1. The van der Waals surface area contributed by atoms with Crippen molar-refractivity contribution in [3.63, 3.8) is 0 Å². The van der Waals surface area contributed by atoms with E-state index in [2.05, 4.69) is 0 Å². The van der Waals surface area contributed by atoms with Gasteiger partial charge in [0.15, 0.2) is 0 Å². The molecule has 100 valence electrons. The van der Waals surface area contributed by atoms with Gasteiger partial charge in [-0.15, -0.1) is 11.3 Å². The number of nitrogens with zero attached hydrogens (tertiary/aromatic N) is 1. The van der Waals surface area contributed by atoms with Gasteiger partial charge < -0.3 is 4.74 Å². The van der Waals surface area contributed by atoms with E-state index in [-0.39, 0.29) is 12.1 Å². The van der Waals surface area contributed by atoms with Crippen molar-refractivity contribution in [3.8, 4) is 0 Å². The Morgan fingerprint density at radius 1 is 1.17 bits per heavy atom. The van der Waals surface area contributed by atoms with Gasteiger partial charge >= 0.3 is 0 Å². The summed E-state index contributed by atoms with van der Waals surface area (Å²) in [6, 6.07) is 3.85. The van der Waals surface area contributed by atoms with E-state index < -0.39 is 10.0 Å². The summed E-state index contributed by atoms with van der Waals surface area (Å²) in [6.45, 7) is 1.35. The molecule has 0 radical (unpaired) electrons. The van der Waals surface area contributed by atoms with Gasteiger partial charge in [0.1, 0.15) is 4.21 Å². The van der Waals surface area contributed by atoms with E-state index in [0.717, 1.165) is 25.7 Å². The first kappa shape index (κ1) is 12.6. The molecule has 0 bridgehead atoms. The van der Waals surface area contributed by atoms with Crippen LogP contribution in [-0.4, -0.2) is 38.0 Å². The second-order valence-electron chi connectivity index (χ2n) is 4.84. The Hall–Kier alpha value is -0.430. The molecule has 2 heterocycles. The van der Waals surface area contributed by atoms with Crippen molar-refractivity contribution < 1.29 is 13.2 Å². The molecule has 0 unspecified atom stereocenters. The minimum Gasteiger partial charge on any atom is -0.381 e. The fraction of sp³-hybridized carbons (Fsp3) is 0.667. The van der Waals surface area contributed by atoms with Gasteiger partial charge in [0.05, 0.1) is 0 Å². The molecule has 1 aromatic heterocycles. The van der Waals surface area contributed by atoms with Gasteiger partial charge in [-0.3, -0.25) is 0 Å². The average molecular weight is 287 g/mol. The van der Waals surface area contributed by atoms with Crippen molar-refractivity contribution in [3.05, 3.63) is 17.5 Å². The zero-order valence-electron chi connectivity index (χ0n) is 10.1. The second-order valence-corrected chi connectivity index (χ2v) is 7.86. The van der Waals surface area contributed by atoms with Gasteiger partial charge in [-0.05, 0) is 37.1 Å². The van der Waals surface area contributed by atoms with Crippen LogP contribution >= 0.6 is 11.3 Å². The molecule has 1 aliphatic carbocycles. The Morgan fingerprint density at radius 3 is 2.39 bits per heavy atom. The summed E-state index contributed by atoms with van der Waals surface area (Å²) in [6.07, 6.45) is 3.64. The lowest BCUT2D eigenvalue weighted by molar-refractivity contribution is 0.0570. The molecule has 2 fully saturated rings. The minimum absolute atomic E-state index is 0.123. The van der Waals surface area contributed by atoms with E-state index in [1.807, 2.05) is 5.38 Å². The fourth-order valence-electron chi connectivity index (χ4n) is 2.47. The third kappa shape index (κ3) is 2.34. The van der Waals surface area contributed by atoms with Crippen LogP contribution in [0.4, 0.5) is 0 Å². The highest BCUT2D eigenvalue weighted by Crippen LogP contribution is 2.37. The highest BCUT2D eigenvalue weighted by atomic mass is 32.2. The predicted molar refractivity (Wildman–Crippen MR) is 70.2 cm³/mol. The van der Waals surface area contributed by atoms with Crippen molar-refractivity contribution >= 4 is 21.4 Å². The average Bonchev–Trinajstić information content (AvgIpc) is 3.02. The van der Waals surface area contributed by atoms with Gasteiger partial charge in [0.2, 0.25) is 0 Å². The molecule has 1 aromatic rings. The molecule has 18 heavy (non-hydrogen) atoms. The number of ether oxygens (including phenoxy) is 1. The largest absolute Gasteiger partial charge is 0.381 e. The van der Waals surface area contributed by atoms with Crippen LogP contribution in [0.3, 0.4) is 0 Å².